The Hall–Kier alpha value is -1.62. The lowest BCUT2D eigenvalue weighted by Gasteiger charge is -2.17. The zero-order chi connectivity index (χ0) is 11.0. The van der Waals surface area contributed by atoms with E-state index in [1.165, 1.54) is 0 Å². The Morgan fingerprint density at radius 3 is 3.06 bits per heavy atom. The van der Waals surface area contributed by atoms with E-state index >= 15 is 0 Å². The molecule has 5 nitrogen and oxygen atoms in total. The second kappa shape index (κ2) is 3.75. The van der Waals surface area contributed by atoms with Crippen LogP contribution in [-0.2, 0) is 4.74 Å². The van der Waals surface area contributed by atoms with Gasteiger partial charge in [0.05, 0.1) is 12.1 Å². The predicted octanol–water partition coefficient (Wildman–Crippen LogP) is 1.55. The summed E-state index contributed by atoms with van der Waals surface area (Å²) in [5, 5.41) is 14.2. The Morgan fingerprint density at radius 1 is 1.38 bits per heavy atom. The average Bonchev–Trinajstić information content (AvgIpc) is 2.88. The van der Waals surface area contributed by atoms with Crippen molar-refractivity contribution in [1.82, 2.24) is 15.4 Å². The lowest BCUT2D eigenvalue weighted by molar-refractivity contribution is 0.121. The molecule has 84 valence electrons. The number of H-pyrrole nitrogens is 1. The molecule has 2 aromatic rings. The fourth-order valence-electron chi connectivity index (χ4n) is 2.07. The molecule has 0 bridgehead atoms. The topological polar surface area (TPSA) is 62.8 Å². The van der Waals surface area contributed by atoms with Crippen LogP contribution in [0, 0.1) is 0 Å². The quantitative estimate of drug-likeness (QED) is 0.802. The fraction of sp³-hybridized carbons (Fsp3) is 0.455. The summed E-state index contributed by atoms with van der Waals surface area (Å²) in [6.07, 6.45) is 1.32. The largest absolute Gasteiger partial charge is 0.380 e. The number of fused-ring (bicyclic) bond motifs is 1. The van der Waals surface area contributed by atoms with Crippen molar-refractivity contribution in [3.05, 3.63) is 18.2 Å². The monoisotopic (exact) mass is 218 g/mol. The molecule has 0 amide bonds. The van der Waals surface area contributed by atoms with Crippen molar-refractivity contribution < 1.29 is 4.74 Å². The highest BCUT2D eigenvalue weighted by molar-refractivity contribution is 5.77. The fourth-order valence-corrected chi connectivity index (χ4v) is 2.07. The molecule has 1 aromatic carbocycles. The summed E-state index contributed by atoms with van der Waals surface area (Å²) in [5.41, 5.74) is 2.85. The summed E-state index contributed by atoms with van der Waals surface area (Å²) >= 11 is 0. The van der Waals surface area contributed by atoms with Gasteiger partial charge in [0.25, 0.3) is 0 Å². The van der Waals surface area contributed by atoms with E-state index in [4.69, 9.17) is 4.74 Å². The third-order valence-corrected chi connectivity index (χ3v) is 3.04. The third kappa shape index (κ3) is 1.63. The summed E-state index contributed by atoms with van der Waals surface area (Å²) in [6.45, 7) is 2.93. The number of anilines is 1. The minimum atomic E-state index is 0.271. The Labute approximate surface area is 93.2 Å². The summed E-state index contributed by atoms with van der Waals surface area (Å²) in [5.74, 6) is 0. The van der Waals surface area contributed by atoms with Crippen LogP contribution < -0.4 is 5.32 Å². The van der Waals surface area contributed by atoms with Crippen molar-refractivity contribution in [2.24, 2.45) is 0 Å². The maximum Gasteiger partial charge on any atom is 0.115 e. The van der Waals surface area contributed by atoms with Gasteiger partial charge in [0.1, 0.15) is 11.0 Å². The van der Waals surface area contributed by atoms with Crippen molar-refractivity contribution in [3.63, 3.8) is 0 Å². The van der Waals surface area contributed by atoms with E-state index in [0.717, 1.165) is 29.7 Å². The normalized spacial score (nSPS) is 25.1. The Bertz CT molecular complexity index is 495. The molecule has 16 heavy (non-hydrogen) atoms. The molecule has 2 unspecified atom stereocenters. The molecule has 1 aromatic heterocycles. The molecule has 1 fully saturated rings. The second-order valence-corrected chi connectivity index (χ2v) is 4.14. The molecule has 2 heterocycles. The van der Waals surface area contributed by atoms with Gasteiger partial charge in [0, 0.05) is 12.3 Å². The molecule has 1 aliphatic rings. The first-order chi connectivity index (χ1) is 7.83. The van der Waals surface area contributed by atoms with Gasteiger partial charge in [-0.05, 0) is 31.5 Å². The molecular formula is C11H14N4O. The maximum atomic E-state index is 5.51. The molecule has 0 aliphatic carbocycles. The van der Waals surface area contributed by atoms with E-state index in [2.05, 4.69) is 27.7 Å². The first kappa shape index (κ1) is 9.59. The van der Waals surface area contributed by atoms with Crippen molar-refractivity contribution in [3.8, 4) is 0 Å². The van der Waals surface area contributed by atoms with Crippen LogP contribution in [0.5, 0.6) is 0 Å². The van der Waals surface area contributed by atoms with Gasteiger partial charge in [0.2, 0.25) is 0 Å². The molecule has 2 atom stereocenters. The first-order valence-electron chi connectivity index (χ1n) is 5.51. The number of nitrogens with zero attached hydrogens (tertiary/aromatic N) is 2. The highest BCUT2D eigenvalue weighted by Crippen LogP contribution is 2.21. The minimum Gasteiger partial charge on any atom is -0.380 e. The third-order valence-electron chi connectivity index (χ3n) is 3.04. The van der Waals surface area contributed by atoms with Gasteiger partial charge in [-0.3, -0.25) is 0 Å². The van der Waals surface area contributed by atoms with E-state index in [1.807, 2.05) is 18.2 Å². The minimum absolute atomic E-state index is 0.271. The van der Waals surface area contributed by atoms with Gasteiger partial charge < -0.3 is 10.1 Å². The van der Waals surface area contributed by atoms with E-state index in [0.29, 0.717) is 6.04 Å². The molecule has 0 radical (unpaired) electrons. The van der Waals surface area contributed by atoms with Crippen LogP contribution in [0.4, 0.5) is 5.69 Å². The standard InChI is InChI=1S/C11H14N4O/c1-7-9(4-5-16-7)12-8-2-3-10-11(6-8)14-15-13-10/h2-3,6-7,9,12H,4-5H2,1H3,(H,13,14,15). The van der Waals surface area contributed by atoms with Crippen molar-refractivity contribution in [2.45, 2.75) is 25.5 Å². The Kier molecular flexibility index (Phi) is 2.25. The predicted molar refractivity (Wildman–Crippen MR) is 61.3 cm³/mol. The number of hydrogen-bond donors (Lipinski definition) is 2. The van der Waals surface area contributed by atoms with Crippen LogP contribution in [0.25, 0.3) is 11.0 Å². The van der Waals surface area contributed by atoms with E-state index in [-0.39, 0.29) is 6.10 Å². The van der Waals surface area contributed by atoms with Crippen LogP contribution in [0.15, 0.2) is 18.2 Å². The number of benzene rings is 1. The maximum absolute atomic E-state index is 5.51. The van der Waals surface area contributed by atoms with Crippen LogP contribution in [0.2, 0.25) is 0 Å². The van der Waals surface area contributed by atoms with Gasteiger partial charge in [-0.2, -0.15) is 15.4 Å². The molecule has 0 saturated carbocycles. The average molecular weight is 218 g/mol. The number of aromatic nitrogens is 3. The number of aromatic amines is 1. The van der Waals surface area contributed by atoms with Crippen molar-refractivity contribution >= 4 is 16.7 Å². The van der Waals surface area contributed by atoms with Crippen LogP contribution >= 0.6 is 0 Å². The second-order valence-electron chi connectivity index (χ2n) is 4.14. The van der Waals surface area contributed by atoms with E-state index < -0.39 is 0 Å². The van der Waals surface area contributed by atoms with Crippen molar-refractivity contribution in [2.75, 3.05) is 11.9 Å². The van der Waals surface area contributed by atoms with Crippen LogP contribution in [0.3, 0.4) is 0 Å². The SMILES string of the molecule is CC1OCCC1Nc1ccc2n[nH]nc2c1. The van der Waals surface area contributed by atoms with Gasteiger partial charge in [-0.1, -0.05) is 0 Å². The van der Waals surface area contributed by atoms with Crippen molar-refractivity contribution in [1.29, 1.82) is 0 Å². The molecule has 3 rings (SSSR count). The van der Waals surface area contributed by atoms with E-state index in [1.54, 1.807) is 0 Å². The highest BCUT2D eigenvalue weighted by atomic mass is 16.5. The van der Waals surface area contributed by atoms with Gasteiger partial charge in [0.15, 0.2) is 0 Å². The summed E-state index contributed by atoms with van der Waals surface area (Å²) < 4.78 is 5.51. The number of rotatable bonds is 2. The lowest BCUT2D eigenvalue weighted by Crippen LogP contribution is -2.26. The summed E-state index contributed by atoms with van der Waals surface area (Å²) in [6, 6.07) is 6.38. The van der Waals surface area contributed by atoms with Gasteiger partial charge in [-0.25, -0.2) is 0 Å². The van der Waals surface area contributed by atoms with Gasteiger partial charge in [-0.15, -0.1) is 0 Å². The van der Waals surface area contributed by atoms with Gasteiger partial charge >= 0.3 is 0 Å². The Balaban J connectivity index is 1.83. The zero-order valence-electron chi connectivity index (χ0n) is 9.10. The smallest absolute Gasteiger partial charge is 0.115 e. The lowest BCUT2D eigenvalue weighted by atomic mass is 10.1. The molecule has 5 heteroatoms. The molecule has 1 aliphatic heterocycles. The number of hydrogen-bond acceptors (Lipinski definition) is 4. The highest BCUT2D eigenvalue weighted by Gasteiger charge is 2.23. The Morgan fingerprint density at radius 2 is 2.25 bits per heavy atom. The molecule has 2 N–H and O–H groups in total. The molecule has 1 saturated heterocycles. The first-order valence-corrected chi connectivity index (χ1v) is 5.51. The van der Waals surface area contributed by atoms with Crippen LogP contribution in [-0.4, -0.2) is 34.2 Å². The van der Waals surface area contributed by atoms with E-state index in [9.17, 15) is 0 Å². The van der Waals surface area contributed by atoms with Crippen LogP contribution in [0.1, 0.15) is 13.3 Å². The summed E-state index contributed by atoms with van der Waals surface area (Å²) in [4.78, 5) is 0. The number of ether oxygens (including phenoxy) is 1. The summed E-state index contributed by atoms with van der Waals surface area (Å²) in [7, 11) is 0. The molecule has 0 spiro atoms. The number of nitrogens with one attached hydrogen (secondary N) is 2. The molecular weight excluding hydrogens is 204 g/mol. The zero-order valence-corrected chi connectivity index (χ0v) is 9.10.